The van der Waals surface area contributed by atoms with E-state index in [9.17, 15) is 0 Å². The summed E-state index contributed by atoms with van der Waals surface area (Å²) in [6.07, 6.45) is 5.36. The van der Waals surface area contributed by atoms with Gasteiger partial charge < -0.3 is 4.74 Å². The fourth-order valence-electron chi connectivity index (χ4n) is 2.87. The van der Waals surface area contributed by atoms with Crippen LogP contribution in [-0.2, 0) is 4.74 Å². The topological polar surface area (TPSA) is 9.23 Å². The van der Waals surface area contributed by atoms with Gasteiger partial charge in [-0.05, 0) is 43.9 Å². The summed E-state index contributed by atoms with van der Waals surface area (Å²) < 4.78 is 5.97. The second kappa shape index (κ2) is 2.47. The Morgan fingerprint density at radius 2 is 2.25 bits per heavy atom. The molecule has 2 fully saturated rings. The van der Waals surface area contributed by atoms with E-state index in [1.54, 1.807) is 0 Å². The summed E-state index contributed by atoms with van der Waals surface area (Å²) >= 11 is 0. The maximum absolute atomic E-state index is 5.97. The van der Waals surface area contributed by atoms with Crippen LogP contribution in [0.2, 0.25) is 0 Å². The SMILES string of the molecule is CC[C@]12CCC(C)[C@@](C)(C1)OC2. The van der Waals surface area contributed by atoms with E-state index < -0.39 is 0 Å². The standard InChI is InChI=1S/C11H20O/c1-4-11-6-5-9(2)10(3,7-11)12-8-11/h9H,4-8H2,1-3H3/t9?,10-,11+/m1/s1. The molecule has 2 bridgehead atoms. The minimum atomic E-state index is 0.217. The molecular formula is C11H20O. The lowest BCUT2D eigenvalue weighted by Gasteiger charge is -2.39. The molecule has 1 aliphatic carbocycles. The zero-order valence-corrected chi connectivity index (χ0v) is 8.52. The van der Waals surface area contributed by atoms with E-state index in [4.69, 9.17) is 4.74 Å². The van der Waals surface area contributed by atoms with Crippen molar-refractivity contribution in [2.45, 2.75) is 52.1 Å². The molecule has 0 N–H and O–H groups in total. The van der Waals surface area contributed by atoms with Crippen LogP contribution in [0.4, 0.5) is 0 Å². The van der Waals surface area contributed by atoms with Crippen molar-refractivity contribution >= 4 is 0 Å². The Morgan fingerprint density at radius 3 is 2.92 bits per heavy atom. The summed E-state index contributed by atoms with van der Waals surface area (Å²) in [5, 5.41) is 0. The molecule has 0 radical (unpaired) electrons. The van der Waals surface area contributed by atoms with Crippen LogP contribution in [0.1, 0.15) is 46.5 Å². The van der Waals surface area contributed by atoms with Crippen molar-refractivity contribution in [2.75, 3.05) is 6.61 Å². The summed E-state index contributed by atoms with van der Waals surface area (Å²) in [7, 11) is 0. The van der Waals surface area contributed by atoms with Crippen molar-refractivity contribution in [3.8, 4) is 0 Å². The van der Waals surface area contributed by atoms with Crippen LogP contribution in [0, 0.1) is 11.3 Å². The largest absolute Gasteiger partial charge is 0.374 e. The Kier molecular flexibility index (Phi) is 1.76. The summed E-state index contributed by atoms with van der Waals surface area (Å²) in [5.41, 5.74) is 0.773. The molecule has 0 aromatic carbocycles. The van der Waals surface area contributed by atoms with Crippen molar-refractivity contribution < 1.29 is 4.74 Å². The monoisotopic (exact) mass is 168 g/mol. The molecule has 0 aromatic rings. The minimum absolute atomic E-state index is 0.217. The quantitative estimate of drug-likeness (QED) is 0.585. The average molecular weight is 168 g/mol. The van der Waals surface area contributed by atoms with Crippen LogP contribution >= 0.6 is 0 Å². The highest BCUT2D eigenvalue weighted by Crippen LogP contribution is 2.53. The first-order valence-electron chi connectivity index (χ1n) is 5.24. The van der Waals surface area contributed by atoms with Gasteiger partial charge in [0.15, 0.2) is 0 Å². The summed E-state index contributed by atoms with van der Waals surface area (Å²) in [4.78, 5) is 0. The van der Waals surface area contributed by atoms with Crippen LogP contribution in [0.15, 0.2) is 0 Å². The zero-order chi connectivity index (χ0) is 8.82. The highest BCUT2D eigenvalue weighted by molar-refractivity contribution is 5.01. The predicted molar refractivity (Wildman–Crippen MR) is 50.1 cm³/mol. The highest BCUT2D eigenvalue weighted by Gasteiger charge is 2.51. The molecule has 2 aliphatic rings. The first kappa shape index (κ1) is 8.55. The van der Waals surface area contributed by atoms with E-state index in [-0.39, 0.29) is 5.60 Å². The maximum Gasteiger partial charge on any atom is 0.0686 e. The zero-order valence-electron chi connectivity index (χ0n) is 8.52. The molecule has 0 spiro atoms. The molecule has 2 rings (SSSR count). The van der Waals surface area contributed by atoms with Crippen molar-refractivity contribution in [2.24, 2.45) is 11.3 Å². The van der Waals surface area contributed by atoms with Crippen LogP contribution in [0.5, 0.6) is 0 Å². The Morgan fingerprint density at radius 1 is 1.50 bits per heavy atom. The maximum atomic E-state index is 5.97. The third-order valence-corrected chi connectivity index (χ3v) is 4.33. The van der Waals surface area contributed by atoms with Gasteiger partial charge in [-0.3, -0.25) is 0 Å². The van der Waals surface area contributed by atoms with Gasteiger partial charge in [0, 0.05) is 0 Å². The molecule has 0 aromatic heterocycles. The first-order valence-corrected chi connectivity index (χ1v) is 5.24. The lowest BCUT2D eigenvalue weighted by Crippen LogP contribution is -2.37. The van der Waals surface area contributed by atoms with Gasteiger partial charge in [0.1, 0.15) is 0 Å². The van der Waals surface area contributed by atoms with E-state index in [0.717, 1.165) is 12.5 Å². The average Bonchev–Trinajstić information content (AvgIpc) is 2.36. The number of hydrogen-bond acceptors (Lipinski definition) is 1. The van der Waals surface area contributed by atoms with Crippen LogP contribution < -0.4 is 0 Å². The van der Waals surface area contributed by atoms with E-state index in [1.165, 1.54) is 25.7 Å². The van der Waals surface area contributed by atoms with Crippen LogP contribution in [0.25, 0.3) is 0 Å². The van der Waals surface area contributed by atoms with E-state index in [0.29, 0.717) is 5.41 Å². The summed E-state index contributed by atoms with van der Waals surface area (Å²) in [6.45, 7) is 7.97. The third-order valence-electron chi connectivity index (χ3n) is 4.33. The van der Waals surface area contributed by atoms with E-state index >= 15 is 0 Å². The minimum Gasteiger partial charge on any atom is -0.374 e. The van der Waals surface area contributed by atoms with Gasteiger partial charge in [-0.25, -0.2) is 0 Å². The second-order valence-electron chi connectivity index (χ2n) is 5.07. The molecule has 1 nitrogen and oxygen atoms in total. The molecule has 1 aliphatic heterocycles. The predicted octanol–water partition coefficient (Wildman–Crippen LogP) is 2.99. The van der Waals surface area contributed by atoms with Gasteiger partial charge in [0.2, 0.25) is 0 Å². The van der Waals surface area contributed by atoms with Crippen molar-refractivity contribution in [1.82, 2.24) is 0 Å². The summed E-state index contributed by atoms with van der Waals surface area (Å²) in [5.74, 6) is 0.764. The van der Waals surface area contributed by atoms with Gasteiger partial charge in [-0.2, -0.15) is 0 Å². The molecule has 1 heteroatoms. The van der Waals surface area contributed by atoms with E-state index in [2.05, 4.69) is 20.8 Å². The smallest absolute Gasteiger partial charge is 0.0686 e. The van der Waals surface area contributed by atoms with Gasteiger partial charge >= 0.3 is 0 Å². The van der Waals surface area contributed by atoms with Gasteiger partial charge in [-0.1, -0.05) is 13.8 Å². The van der Waals surface area contributed by atoms with Crippen molar-refractivity contribution in [3.05, 3.63) is 0 Å². The highest BCUT2D eigenvalue weighted by atomic mass is 16.5. The van der Waals surface area contributed by atoms with Gasteiger partial charge in [-0.15, -0.1) is 0 Å². The number of rotatable bonds is 1. The van der Waals surface area contributed by atoms with Gasteiger partial charge in [0.05, 0.1) is 12.2 Å². The van der Waals surface area contributed by atoms with Gasteiger partial charge in [0.25, 0.3) is 0 Å². The fraction of sp³-hybridized carbons (Fsp3) is 1.00. The Bertz CT molecular complexity index is 181. The lowest BCUT2D eigenvalue weighted by molar-refractivity contribution is -0.0233. The molecule has 0 amide bonds. The first-order chi connectivity index (χ1) is 5.60. The van der Waals surface area contributed by atoms with Crippen molar-refractivity contribution in [1.29, 1.82) is 0 Å². The molecule has 3 atom stereocenters. The van der Waals surface area contributed by atoms with E-state index in [1.807, 2.05) is 0 Å². The molecule has 12 heavy (non-hydrogen) atoms. The summed E-state index contributed by atoms with van der Waals surface area (Å²) in [6, 6.07) is 0. The third kappa shape index (κ3) is 1.02. The Labute approximate surface area is 75.5 Å². The number of fused-ring (bicyclic) bond motifs is 2. The Hall–Kier alpha value is -0.0400. The normalized spacial score (nSPS) is 52.8. The number of hydrogen-bond donors (Lipinski definition) is 0. The Balaban J connectivity index is 2.20. The van der Waals surface area contributed by atoms with Crippen molar-refractivity contribution in [3.63, 3.8) is 0 Å². The molecule has 1 heterocycles. The number of ether oxygens (including phenoxy) is 1. The lowest BCUT2D eigenvalue weighted by atomic mass is 9.66. The van der Waals surface area contributed by atoms with Crippen LogP contribution in [-0.4, -0.2) is 12.2 Å². The molecule has 1 unspecified atom stereocenters. The molecule has 70 valence electrons. The molecular weight excluding hydrogens is 148 g/mol. The van der Waals surface area contributed by atoms with Crippen LogP contribution in [0.3, 0.4) is 0 Å². The molecule has 1 saturated heterocycles. The second-order valence-corrected chi connectivity index (χ2v) is 5.07. The molecule has 1 saturated carbocycles. The fourth-order valence-corrected chi connectivity index (χ4v) is 2.87.